The highest BCUT2D eigenvalue weighted by Gasteiger charge is 1.74. The molecule has 0 aromatic rings. The number of rotatable bonds is 1. The Kier molecular flexibility index (Phi) is 2.28. The van der Waals surface area contributed by atoms with Crippen molar-refractivity contribution in [3.63, 3.8) is 0 Å². The Hall–Kier alpha value is 0.0200. The van der Waals surface area contributed by atoms with Gasteiger partial charge in [-0.2, -0.15) is 0 Å². The molecule has 0 rings (SSSR count). The fraction of sp³-hybridized carbons (Fsp3) is 1.00. The summed E-state index contributed by atoms with van der Waals surface area (Å²) in [5.74, 6) is 0. The van der Waals surface area contributed by atoms with E-state index in [-0.39, 0.29) is 0 Å². The lowest BCUT2D eigenvalue weighted by Crippen LogP contribution is -1.76. The average molecular weight is 94.0 g/mol. The van der Waals surface area contributed by atoms with Crippen LogP contribution in [0, 0.1) is 0 Å². The van der Waals surface area contributed by atoms with Crippen molar-refractivity contribution in [2.24, 2.45) is 5.50 Å². The third-order valence-corrected chi connectivity index (χ3v) is 0.540. The molecule has 0 aromatic heterocycles. The van der Waals surface area contributed by atoms with Gasteiger partial charge in [-0.05, 0) is 0 Å². The Morgan fingerprint density at radius 3 is 2.20 bits per heavy atom. The maximum Gasteiger partial charge on any atom is 0.291 e. The van der Waals surface area contributed by atoms with Crippen LogP contribution in [0.4, 0.5) is 0 Å². The van der Waals surface area contributed by atoms with Crippen LogP contribution in [0.5, 0.6) is 0 Å². The summed E-state index contributed by atoms with van der Waals surface area (Å²) in [7, 11) is -0.558. The first-order chi connectivity index (χ1) is 2.27. The van der Waals surface area contributed by atoms with E-state index in [0.717, 1.165) is 0 Å². The van der Waals surface area contributed by atoms with Crippen LogP contribution in [0.1, 0.15) is 0 Å². The van der Waals surface area contributed by atoms with Crippen molar-refractivity contribution in [3.8, 4) is 0 Å². The predicted octanol–water partition coefficient (Wildman–Crippen LogP) is 0.249. The summed E-state index contributed by atoms with van der Waals surface area (Å²) < 4.78 is 13.6. The van der Waals surface area contributed by atoms with Gasteiger partial charge in [0.2, 0.25) is 0 Å². The topological polar surface area (TPSA) is 52.3 Å². The molecule has 0 fully saturated rings. The van der Waals surface area contributed by atoms with E-state index in [2.05, 4.69) is 10.0 Å². The van der Waals surface area contributed by atoms with E-state index in [1.807, 2.05) is 0 Å². The Bertz CT molecular complexity index is 44.9. The van der Waals surface area contributed by atoms with Gasteiger partial charge in [-0.3, -0.25) is 4.52 Å². The quantitative estimate of drug-likeness (QED) is 0.474. The minimum atomic E-state index is -1.85. The van der Waals surface area contributed by atoms with Crippen LogP contribution in [0.25, 0.3) is 0 Å². The van der Waals surface area contributed by atoms with Crippen LogP contribution in [0.2, 0.25) is 0 Å². The molecule has 0 bridgehead atoms. The highest BCUT2D eigenvalue weighted by atomic mass is 31.1. The molecule has 0 spiro atoms. The summed E-state index contributed by atoms with van der Waals surface area (Å²) in [4.78, 5) is 0. The van der Waals surface area contributed by atoms with Crippen LogP contribution in [0.15, 0.2) is 0 Å². The highest BCUT2D eigenvalue weighted by molar-refractivity contribution is 7.36. The zero-order valence-electron chi connectivity index (χ0n) is 2.84. The van der Waals surface area contributed by atoms with Crippen LogP contribution >= 0.6 is 8.18 Å². The number of hydrogen-bond donors (Lipinski definition) is 1. The second-order valence-corrected chi connectivity index (χ2v) is 1.40. The molecule has 31 valence electrons. The van der Waals surface area contributed by atoms with Crippen molar-refractivity contribution in [1.29, 1.82) is 0 Å². The van der Waals surface area contributed by atoms with Gasteiger partial charge >= 0.3 is 0 Å². The zero-order valence-corrected chi connectivity index (χ0v) is 3.74. The molecule has 0 amide bonds. The Balaban J connectivity index is 2.85. The molecular weight excluding hydrogens is 89.0 g/mol. The molecule has 0 aliphatic carbocycles. The first-order valence-electron chi connectivity index (χ1n) is 1.03. The zero-order chi connectivity index (χ0) is 4.28. The molecule has 1 atom stereocenters. The summed E-state index contributed by atoms with van der Waals surface area (Å²) in [5, 5.41) is 0. The van der Waals surface area contributed by atoms with Gasteiger partial charge in [0.1, 0.15) is 0 Å². The van der Waals surface area contributed by atoms with Gasteiger partial charge in [0.05, 0.1) is 0 Å². The SMILES string of the molecule is CO[P](N)=O. The molecule has 3 nitrogen and oxygen atoms in total. The predicted molar refractivity (Wildman–Crippen MR) is 18.8 cm³/mol. The molecule has 0 heterocycles. The fourth-order valence-corrected chi connectivity index (χ4v) is 0. The summed E-state index contributed by atoms with van der Waals surface area (Å²) in [5.41, 5.74) is 4.58. The van der Waals surface area contributed by atoms with E-state index in [1.165, 1.54) is 7.11 Å². The molecule has 0 aliphatic heterocycles. The Morgan fingerprint density at radius 1 is 2.00 bits per heavy atom. The van der Waals surface area contributed by atoms with Gasteiger partial charge in [0.25, 0.3) is 8.18 Å². The van der Waals surface area contributed by atoms with Gasteiger partial charge in [-0.1, -0.05) is 0 Å². The lowest BCUT2D eigenvalue weighted by Gasteiger charge is -1.77. The monoisotopic (exact) mass is 94.0 g/mol. The molecule has 4 heteroatoms. The highest BCUT2D eigenvalue weighted by Crippen LogP contribution is 2.03. The van der Waals surface area contributed by atoms with E-state index < -0.39 is 8.18 Å². The molecule has 5 heavy (non-hydrogen) atoms. The second-order valence-electron chi connectivity index (χ2n) is 0.468. The largest absolute Gasteiger partial charge is 0.296 e. The standard InChI is InChI=1S/CH5NO2P/c1-4-5(2)3/h1H3,(H2,2,3). The molecular formula is CH5NO2P. The summed E-state index contributed by atoms with van der Waals surface area (Å²) in [6.45, 7) is 0. The van der Waals surface area contributed by atoms with Gasteiger partial charge < -0.3 is 0 Å². The van der Waals surface area contributed by atoms with E-state index in [0.29, 0.717) is 0 Å². The minimum Gasteiger partial charge on any atom is -0.296 e. The number of nitrogens with two attached hydrogens (primary N) is 1. The third kappa shape index (κ3) is 4.02. The summed E-state index contributed by atoms with van der Waals surface area (Å²) in [6, 6.07) is 0. The molecule has 1 unspecified atom stereocenters. The molecule has 0 aromatic carbocycles. The maximum absolute atomic E-state index is 9.52. The van der Waals surface area contributed by atoms with E-state index in [4.69, 9.17) is 0 Å². The fourth-order valence-electron chi connectivity index (χ4n) is 0. The van der Waals surface area contributed by atoms with Crippen LogP contribution < -0.4 is 5.50 Å². The van der Waals surface area contributed by atoms with Crippen molar-refractivity contribution in [3.05, 3.63) is 0 Å². The molecule has 0 saturated carbocycles. The minimum absolute atomic E-state index is 1.29. The lowest BCUT2D eigenvalue weighted by atomic mass is 11.8. The Labute approximate surface area is 31.0 Å². The lowest BCUT2D eigenvalue weighted by molar-refractivity contribution is 0.416. The van der Waals surface area contributed by atoms with Crippen LogP contribution in [-0.4, -0.2) is 7.11 Å². The first-order valence-corrected chi connectivity index (χ1v) is 2.28. The van der Waals surface area contributed by atoms with E-state index in [9.17, 15) is 4.57 Å². The summed E-state index contributed by atoms with van der Waals surface area (Å²) in [6.07, 6.45) is 0. The Morgan fingerprint density at radius 2 is 2.20 bits per heavy atom. The van der Waals surface area contributed by atoms with Crippen molar-refractivity contribution in [2.75, 3.05) is 7.11 Å². The first kappa shape index (κ1) is 5.02. The van der Waals surface area contributed by atoms with Gasteiger partial charge in [0, 0.05) is 7.11 Å². The van der Waals surface area contributed by atoms with Crippen LogP contribution in [0.3, 0.4) is 0 Å². The smallest absolute Gasteiger partial charge is 0.291 e. The molecule has 2 N–H and O–H groups in total. The third-order valence-electron chi connectivity index (χ3n) is 0.180. The van der Waals surface area contributed by atoms with Crippen LogP contribution in [-0.2, 0) is 9.09 Å². The van der Waals surface area contributed by atoms with E-state index in [1.54, 1.807) is 0 Å². The van der Waals surface area contributed by atoms with Crippen molar-refractivity contribution < 1.29 is 9.09 Å². The van der Waals surface area contributed by atoms with Gasteiger partial charge in [0.15, 0.2) is 0 Å². The van der Waals surface area contributed by atoms with Gasteiger partial charge in [-0.15, -0.1) is 0 Å². The molecule has 0 aliphatic rings. The number of hydrogen-bond acceptors (Lipinski definition) is 2. The average Bonchev–Trinajstić information content (AvgIpc) is 1.38. The molecule has 1 radical (unpaired) electrons. The maximum atomic E-state index is 9.52. The van der Waals surface area contributed by atoms with Crippen molar-refractivity contribution in [2.45, 2.75) is 0 Å². The normalized spacial score (nSPS) is 11.2. The van der Waals surface area contributed by atoms with Crippen molar-refractivity contribution >= 4 is 8.18 Å². The molecule has 0 saturated heterocycles. The second kappa shape index (κ2) is 2.27. The summed E-state index contributed by atoms with van der Waals surface area (Å²) >= 11 is 0. The van der Waals surface area contributed by atoms with Gasteiger partial charge in [-0.25, -0.2) is 10.1 Å². The van der Waals surface area contributed by atoms with E-state index >= 15 is 0 Å². The van der Waals surface area contributed by atoms with Crippen molar-refractivity contribution in [1.82, 2.24) is 0 Å².